The number of carbonyl (C=O) groups is 1. The average molecular weight is 388 g/mol. The minimum Gasteiger partial charge on any atom is -0.497 e. The standard InChI is InChI=1S/C25H24O4/c1-17(2)19-6-14-23(15-7-19)29-22-10-4-18(5-11-22)16-24(25(26)27)20-8-12-21(28-3)13-9-20/h4-17H,1-3H3,(H,26,27)/b24-16-. The van der Waals surface area contributed by atoms with E-state index in [1.165, 1.54) is 5.56 Å². The van der Waals surface area contributed by atoms with Crippen LogP contribution in [-0.4, -0.2) is 18.2 Å². The van der Waals surface area contributed by atoms with Crippen LogP contribution in [-0.2, 0) is 4.79 Å². The summed E-state index contributed by atoms with van der Waals surface area (Å²) >= 11 is 0. The Hall–Kier alpha value is -3.53. The molecule has 0 heterocycles. The quantitative estimate of drug-likeness (QED) is 0.385. The zero-order chi connectivity index (χ0) is 20.8. The van der Waals surface area contributed by atoms with E-state index < -0.39 is 5.97 Å². The van der Waals surface area contributed by atoms with E-state index >= 15 is 0 Å². The maximum absolute atomic E-state index is 11.7. The van der Waals surface area contributed by atoms with Crippen LogP contribution < -0.4 is 9.47 Å². The van der Waals surface area contributed by atoms with E-state index in [-0.39, 0.29) is 5.57 Å². The van der Waals surface area contributed by atoms with E-state index in [1.54, 1.807) is 37.5 Å². The Labute approximate surface area is 171 Å². The van der Waals surface area contributed by atoms with Crippen molar-refractivity contribution in [1.29, 1.82) is 0 Å². The van der Waals surface area contributed by atoms with Gasteiger partial charge in [-0.2, -0.15) is 0 Å². The van der Waals surface area contributed by atoms with Crippen LogP contribution in [0.1, 0.15) is 36.5 Å². The van der Waals surface area contributed by atoms with Crippen molar-refractivity contribution in [1.82, 2.24) is 0 Å². The van der Waals surface area contributed by atoms with Crippen LogP contribution in [0.3, 0.4) is 0 Å². The predicted octanol–water partition coefficient (Wildman–Crippen LogP) is 6.24. The van der Waals surface area contributed by atoms with Gasteiger partial charge in [0.05, 0.1) is 12.7 Å². The van der Waals surface area contributed by atoms with Crippen molar-refractivity contribution in [3.63, 3.8) is 0 Å². The van der Waals surface area contributed by atoms with Crippen molar-refractivity contribution in [2.75, 3.05) is 7.11 Å². The number of carboxylic acids is 1. The number of aliphatic carboxylic acids is 1. The number of hydrogen-bond donors (Lipinski definition) is 1. The molecule has 0 aliphatic rings. The molecular weight excluding hydrogens is 364 g/mol. The Balaban J connectivity index is 1.77. The van der Waals surface area contributed by atoms with Crippen LogP contribution in [0, 0.1) is 0 Å². The first-order valence-corrected chi connectivity index (χ1v) is 9.43. The fourth-order valence-electron chi connectivity index (χ4n) is 2.89. The SMILES string of the molecule is COc1ccc(/C(=C/c2ccc(Oc3ccc(C(C)C)cc3)cc2)C(=O)O)cc1. The summed E-state index contributed by atoms with van der Waals surface area (Å²) in [6.07, 6.45) is 1.64. The third kappa shape index (κ3) is 5.26. The Kier molecular flexibility index (Phi) is 6.35. The lowest BCUT2D eigenvalue weighted by atomic mass is 10.0. The first-order chi connectivity index (χ1) is 14.0. The minimum absolute atomic E-state index is 0.214. The van der Waals surface area contributed by atoms with Crippen LogP contribution in [0.4, 0.5) is 0 Å². The first kappa shape index (κ1) is 20.2. The third-order valence-electron chi connectivity index (χ3n) is 4.61. The molecule has 3 rings (SSSR count). The maximum atomic E-state index is 11.7. The topological polar surface area (TPSA) is 55.8 Å². The summed E-state index contributed by atoms with van der Waals surface area (Å²) < 4.78 is 11.0. The second kappa shape index (κ2) is 9.11. The summed E-state index contributed by atoms with van der Waals surface area (Å²) in [6.45, 7) is 4.30. The van der Waals surface area contributed by atoms with Gasteiger partial charge in [0, 0.05) is 0 Å². The number of benzene rings is 3. The lowest BCUT2D eigenvalue weighted by Crippen LogP contribution is -1.99. The van der Waals surface area contributed by atoms with Crippen LogP contribution in [0.25, 0.3) is 11.6 Å². The summed E-state index contributed by atoms with van der Waals surface area (Å²) in [6, 6.07) is 22.3. The largest absolute Gasteiger partial charge is 0.497 e. The van der Waals surface area contributed by atoms with Crippen molar-refractivity contribution in [3.05, 3.63) is 89.5 Å². The molecule has 1 N–H and O–H groups in total. The summed E-state index contributed by atoms with van der Waals surface area (Å²) in [7, 11) is 1.57. The number of carboxylic acid groups (broad SMARTS) is 1. The van der Waals surface area contributed by atoms with Gasteiger partial charge in [-0.1, -0.05) is 50.2 Å². The van der Waals surface area contributed by atoms with Crippen LogP contribution in [0.15, 0.2) is 72.8 Å². The van der Waals surface area contributed by atoms with Crippen molar-refractivity contribution in [2.45, 2.75) is 19.8 Å². The molecule has 0 spiro atoms. The van der Waals surface area contributed by atoms with Gasteiger partial charge < -0.3 is 14.6 Å². The van der Waals surface area contributed by atoms with Gasteiger partial charge in [-0.25, -0.2) is 4.79 Å². The Bertz CT molecular complexity index is 983. The number of methoxy groups -OCH3 is 1. The molecule has 0 bridgehead atoms. The van der Waals surface area contributed by atoms with Gasteiger partial charge in [0.25, 0.3) is 0 Å². The van der Waals surface area contributed by atoms with Crippen molar-refractivity contribution >= 4 is 17.6 Å². The zero-order valence-corrected chi connectivity index (χ0v) is 16.8. The van der Waals surface area contributed by atoms with Gasteiger partial charge in [0.2, 0.25) is 0 Å². The van der Waals surface area contributed by atoms with Crippen molar-refractivity contribution in [2.24, 2.45) is 0 Å². The fraction of sp³-hybridized carbons (Fsp3) is 0.160. The highest BCUT2D eigenvalue weighted by Crippen LogP contribution is 2.26. The lowest BCUT2D eigenvalue weighted by Gasteiger charge is -2.09. The number of rotatable bonds is 7. The summed E-state index contributed by atoms with van der Waals surface area (Å²) in [5, 5.41) is 9.60. The molecule has 4 nitrogen and oxygen atoms in total. The second-order valence-corrected chi connectivity index (χ2v) is 6.99. The number of hydrogen-bond acceptors (Lipinski definition) is 3. The molecule has 0 aliphatic heterocycles. The first-order valence-electron chi connectivity index (χ1n) is 9.43. The van der Waals surface area contributed by atoms with E-state index in [9.17, 15) is 9.90 Å². The molecule has 0 aliphatic carbocycles. The van der Waals surface area contributed by atoms with Gasteiger partial charge >= 0.3 is 5.97 Å². The molecule has 0 unspecified atom stereocenters. The molecule has 29 heavy (non-hydrogen) atoms. The molecule has 3 aromatic rings. The molecule has 0 saturated heterocycles. The highest BCUT2D eigenvalue weighted by atomic mass is 16.5. The monoisotopic (exact) mass is 388 g/mol. The Morgan fingerprint density at radius 2 is 1.34 bits per heavy atom. The lowest BCUT2D eigenvalue weighted by molar-refractivity contribution is -0.130. The maximum Gasteiger partial charge on any atom is 0.336 e. The minimum atomic E-state index is -0.985. The van der Waals surface area contributed by atoms with Crippen LogP contribution >= 0.6 is 0 Å². The average Bonchev–Trinajstić information content (AvgIpc) is 2.73. The molecule has 3 aromatic carbocycles. The van der Waals surface area contributed by atoms with Gasteiger partial charge in [-0.05, 0) is 65.1 Å². The van der Waals surface area contributed by atoms with E-state index in [4.69, 9.17) is 9.47 Å². The van der Waals surface area contributed by atoms with Gasteiger partial charge in [0.15, 0.2) is 0 Å². The highest BCUT2D eigenvalue weighted by molar-refractivity contribution is 6.20. The molecule has 0 saturated carbocycles. The van der Waals surface area contributed by atoms with E-state index in [0.29, 0.717) is 23.0 Å². The van der Waals surface area contributed by atoms with Gasteiger partial charge in [0.1, 0.15) is 17.2 Å². The third-order valence-corrected chi connectivity index (χ3v) is 4.61. The molecule has 0 atom stereocenters. The molecule has 0 aromatic heterocycles. The van der Waals surface area contributed by atoms with Crippen LogP contribution in [0.2, 0.25) is 0 Å². The van der Waals surface area contributed by atoms with Gasteiger partial charge in [-0.3, -0.25) is 0 Å². The Morgan fingerprint density at radius 3 is 1.83 bits per heavy atom. The van der Waals surface area contributed by atoms with E-state index in [0.717, 1.165) is 11.3 Å². The second-order valence-electron chi connectivity index (χ2n) is 6.99. The summed E-state index contributed by atoms with van der Waals surface area (Å²) in [4.78, 5) is 11.7. The molecule has 148 valence electrons. The fourth-order valence-corrected chi connectivity index (χ4v) is 2.89. The Morgan fingerprint density at radius 1 is 0.828 bits per heavy atom. The van der Waals surface area contributed by atoms with E-state index in [1.807, 2.05) is 36.4 Å². The zero-order valence-electron chi connectivity index (χ0n) is 16.8. The summed E-state index contributed by atoms with van der Waals surface area (Å²) in [5.41, 5.74) is 2.87. The summed E-state index contributed by atoms with van der Waals surface area (Å²) in [5.74, 6) is 1.63. The molecule has 0 amide bonds. The van der Waals surface area contributed by atoms with Crippen LogP contribution in [0.5, 0.6) is 17.2 Å². The number of ether oxygens (including phenoxy) is 2. The molecule has 4 heteroatoms. The molecule has 0 fully saturated rings. The highest BCUT2D eigenvalue weighted by Gasteiger charge is 2.11. The van der Waals surface area contributed by atoms with Crippen molar-refractivity contribution in [3.8, 4) is 17.2 Å². The predicted molar refractivity (Wildman–Crippen MR) is 116 cm³/mol. The van der Waals surface area contributed by atoms with Gasteiger partial charge in [-0.15, -0.1) is 0 Å². The molecule has 0 radical (unpaired) electrons. The molecular formula is C25H24O4. The smallest absolute Gasteiger partial charge is 0.336 e. The normalized spacial score (nSPS) is 11.4. The van der Waals surface area contributed by atoms with Crippen molar-refractivity contribution < 1.29 is 19.4 Å². The van der Waals surface area contributed by atoms with E-state index in [2.05, 4.69) is 26.0 Å².